The summed E-state index contributed by atoms with van der Waals surface area (Å²) >= 11 is 5.92. The minimum absolute atomic E-state index is 0.0200. The van der Waals surface area contributed by atoms with E-state index in [-0.39, 0.29) is 24.4 Å². The summed E-state index contributed by atoms with van der Waals surface area (Å²) in [4.78, 5) is 29.1. The van der Waals surface area contributed by atoms with Crippen LogP contribution in [0.25, 0.3) is 0 Å². The Morgan fingerprint density at radius 1 is 1.09 bits per heavy atom. The number of thiocarbonyl (C=S) groups is 1. The maximum atomic E-state index is 13.3. The van der Waals surface area contributed by atoms with Crippen LogP contribution in [0.4, 0.5) is 0 Å². The first kappa shape index (κ1) is 22.4. The minimum Gasteiger partial charge on any atom is -0.459 e. The molecular weight excluding hydrogens is 418 g/mol. The molecule has 0 radical (unpaired) electrons. The molecule has 1 aliphatic carbocycles. The van der Waals surface area contributed by atoms with Crippen molar-refractivity contribution in [2.75, 3.05) is 0 Å². The molecule has 166 valence electrons. The number of carbonyl (C=O) groups excluding carboxylic acids is 2. The standard InChI is InChI=1S/C27H29NO3S/c1-2-10-22(25(29)20-13-7-4-8-14-20)26(32)28-23-16-9-15-21(23)17-24(28)27(30)31-18-19-11-5-3-6-12-19/h2-8,11-14,21-24H,1,9-10,15-18H2/t21-,22+,23-,24-/m1/s1. The number of Topliss-reactive ketones (excluding diaryl/α,β-unsaturated/α-hetero) is 1. The number of likely N-dealkylation sites (tertiary alicyclic amines) is 1. The van der Waals surface area contributed by atoms with E-state index in [4.69, 9.17) is 17.0 Å². The van der Waals surface area contributed by atoms with Gasteiger partial charge in [0.25, 0.3) is 0 Å². The Bertz CT molecular complexity index is 975. The second-order valence-electron chi connectivity index (χ2n) is 8.66. The van der Waals surface area contributed by atoms with Crippen LogP contribution in [0.1, 0.15) is 48.0 Å². The molecule has 2 fully saturated rings. The monoisotopic (exact) mass is 447 g/mol. The van der Waals surface area contributed by atoms with Crippen molar-refractivity contribution in [3.05, 3.63) is 84.4 Å². The van der Waals surface area contributed by atoms with Gasteiger partial charge < -0.3 is 9.64 Å². The van der Waals surface area contributed by atoms with E-state index in [1.807, 2.05) is 60.7 Å². The van der Waals surface area contributed by atoms with Crippen molar-refractivity contribution in [1.82, 2.24) is 4.90 Å². The Morgan fingerprint density at radius 2 is 1.78 bits per heavy atom. The molecule has 1 heterocycles. The van der Waals surface area contributed by atoms with Crippen LogP contribution in [-0.4, -0.2) is 33.7 Å². The zero-order valence-corrected chi connectivity index (χ0v) is 19.0. The number of rotatable bonds is 8. The van der Waals surface area contributed by atoms with Crippen molar-refractivity contribution in [1.29, 1.82) is 0 Å². The maximum Gasteiger partial charge on any atom is 0.329 e. The van der Waals surface area contributed by atoms with Crippen LogP contribution in [-0.2, 0) is 16.1 Å². The lowest BCUT2D eigenvalue weighted by atomic mass is 9.93. The van der Waals surface area contributed by atoms with Gasteiger partial charge >= 0.3 is 5.97 Å². The van der Waals surface area contributed by atoms with Crippen LogP contribution >= 0.6 is 12.2 Å². The van der Waals surface area contributed by atoms with Crippen LogP contribution in [0, 0.1) is 11.8 Å². The minimum atomic E-state index is -0.506. The number of allylic oxidation sites excluding steroid dienone is 1. The number of fused-ring (bicyclic) bond motifs is 1. The molecule has 0 aromatic heterocycles. The quantitative estimate of drug-likeness (QED) is 0.235. The molecule has 2 aromatic carbocycles. The second-order valence-corrected chi connectivity index (χ2v) is 9.07. The van der Waals surface area contributed by atoms with Crippen LogP contribution in [0.2, 0.25) is 0 Å². The van der Waals surface area contributed by atoms with Gasteiger partial charge in [-0.1, -0.05) is 85.4 Å². The number of benzene rings is 2. The molecule has 1 saturated heterocycles. The van der Waals surface area contributed by atoms with E-state index in [1.165, 1.54) is 0 Å². The van der Waals surface area contributed by atoms with E-state index >= 15 is 0 Å². The zero-order valence-electron chi connectivity index (χ0n) is 18.2. The lowest BCUT2D eigenvalue weighted by Gasteiger charge is -2.34. The van der Waals surface area contributed by atoms with Crippen molar-refractivity contribution >= 4 is 29.0 Å². The lowest BCUT2D eigenvalue weighted by Crippen LogP contribution is -2.48. The number of esters is 1. The van der Waals surface area contributed by atoms with E-state index in [0.29, 0.717) is 22.9 Å². The van der Waals surface area contributed by atoms with Gasteiger partial charge in [0.15, 0.2) is 5.78 Å². The summed E-state index contributed by atoms with van der Waals surface area (Å²) in [6, 6.07) is 18.7. The molecule has 2 aromatic rings. The number of ketones is 1. The first-order valence-corrected chi connectivity index (χ1v) is 11.7. The number of nitrogens with zero attached hydrogens (tertiary/aromatic N) is 1. The molecule has 1 saturated carbocycles. The van der Waals surface area contributed by atoms with E-state index in [2.05, 4.69) is 11.5 Å². The number of carbonyl (C=O) groups is 2. The fraction of sp³-hybridized carbons (Fsp3) is 0.370. The summed E-state index contributed by atoms with van der Waals surface area (Å²) in [5.41, 5.74) is 1.59. The van der Waals surface area contributed by atoms with E-state index in [1.54, 1.807) is 6.08 Å². The molecule has 4 rings (SSSR count). The third kappa shape index (κ3) is 4.68. The van der Waals surface area contributed by atoms with E-state index < -0.39 is 12.0 Å². The summed E-state index contributed by atoms with van der Waals surface area (Å²) in [7, 11) is 0. The zero-order chi connectivity index (χ0) is 22.5. The highest BCUT2D eigenvalue weighted by Gasteiger charge is 2.49. The molecule has 0 unspecified atom stereocenters. The highest BCUT2D eigenvalue weighted by Crippen LogP contribution is 2.43. The first-order chi connectivity index (χ1) is 15.6. The van der Waals surface area contributed by atoms with E-state index in [0.717, 1.165) is 31.2 Å². The number of ether oxygens (including phenoxy) is 1. The van der Waals surface area contributed by atoms with Crippen molar-refractivity contribution in [3.63, 3.8) is 0 Å². The molecule has 2 aliphatic rings. The van der Waals surface area contributed by atoms with Crippen LogP contribution in [0.5, 0.6) is 0 Å². The van der Waals surface area contributed by atoms with Crippen molar-refractivity contribution in [3.8, 4) is 0 Å². The largest absolute Gasteiger partial charge is 0.459 e. The smallest absolute Gasteiger partial charge is 0.329 e. The summed E-state index contributed by atoms with van der Waals surface area (Å²) in [6.07, 6.45) is 6.13. The van der Waals surface area contributed by atoms with Crippen molar-refractivity contribution < 1.29 is 14.3 Å². The van der Waals surface area contributed by atoms with Gasteiger partial charge in [0, 0.05) is 11.6 Å². The molecule has 4 nitrogen and oxygen atoms in total. The average Bonchev–Trinajstić information content (AvgIpc) is 3.43. The Morgan fingerprint density at radius 3 is 2.47 bits per heavy atom. The van der Waals surface area contributed by atoms with Gasteiger partial charge in [0.1, 0.15) is 12.6 Å². The Hall–Kier alpha value is -2.79. The third-order valence-corrected chi connectivity index (χ3v) is 7.16. The maximum absolute atomic E-state index is 13.3. The molecular formula is C27H29NO3S. The van der Waals surface area contributed by atoms with Gasteiger partial charge in [0.2, 0.25) is 0 Å². The van der Waals surface area contributed by atoms with Crippen LogP contribution in [0.15, 0.2) is 73.3 Å². The third-order valence-electron chi connectivity index (χ3n) is 6.66. The first-order valence-electron chi connectivity index (χ1n) is 11.3. The number of hydrogen-bond donors (Lipinski definition) is 0. The van der Waals surface area contributed by atoms with Crippen LogP contribution in [0.3, 0.4) is 0 Å². The van der Waals surface area contributed by atoms with Gasteiger partial charge in [-0.15, -0.1) is 6.58 Å². The summed E-state index contributed by atoms with van der Waals surface area (Å²) in [5, 5.41) is 0. The summed E-state index contributed by atoms with van der Waals surface area (Å²) in [5.74, 6) is -0.365. The highest BCUT2D eigenvalue weighted by molar-refractivity contribution is 7.80. The predicted molar refractivity (Wildman–Crippen MR) is 129 cm³/mol. The molecule has 0 spiro atoms. The van der Waals surface area contributed by atoms with Gasteiger partial charge in [-0.3, -0.25) is 4.79 Å². The van der Waals surface area contributed by atoms with Crippen LogP contribution < -0.4 is 0 Å². The Labute approximate surface area is 195 Å². The summed E-state index contributed by atoms with van der Waals surface area (Å²) in [6.45, 7) is 4.09. The molecule has 0 N–H and O–H groups in total. The SMILES string of the molecule is C=CC[C@@H](C(=O)c1ccccc1)C(=S)N1[C@@H](C(=O)OCc2ccccc2)C[C@H]2CCC[C@H]21. The summed E-state index contributed by atoms with van der Waals surface area (Å²) < 4.78 is 5.70. The van der Waals surface area contributed by atoms with Crippen molar-refractivity contribution in [2.45, 2.75) is 50.8 Å². The molecule has 1 aliphatic heterocycles. The Balaban J connectivity index is 1.55. The average molecular weight is 448 g/mol. The van der Waals surface area contributed by atoms with Gasteiger partial charge in [0.05, 0.1) is 10.9 Å². The Kier molecular flexibility index (Phi) is 7.15. The highest BCUT2D eigenvalue weighted by atomic mass is 32.1. The molecule has 4 atom stereocenters. The predicted octanol–water partition coefficient (Wildman–Crippen LogP) is 5.38. The number of hydrogen-bond acceptors (Lipinski definition) is 4. The molecule has 0 bridgehead atoms. The normalized spacial score (nSPS) is 22.8. The van der Waals surface area contributed by atoms with Gasteiger partial charge in [-0.05, 0) is 37.2 Å². The second kappa shape index (κ2) is 10.2. The fourth-order valence-electron chi connectivity index (χ4n) is 5.11. The van der Waals surface area contributed by atoms with E-state index in [9.17, 15) is 9.59 Å². The molecule has 5 heteroatoms. The lowest BCUT2D eigenvalue weighted by molar-refractivity contribution is -0.149. The van der Waals surface area contributed by atoms with Gasteiger partial charge in [-0.2, -0.15) is 0 Å². The fourth-order valence-corrected chi connectivity index (χ4v) is 5.58. The van der Waals surface area contributed by atoms with Gasteiger partial charge in [-0.25, -0.2) is 4.79 Å². The van der Waals surface area contributed by atoms with Crippen molar-refractivity contribution in [2.24, 2.45) is 11.8 Å². The molecule has 32 heavy (non-hydrogen) atoms. The topological polar surface area (TPSA) is 46.6 Å². The molecule has 0 amide bonds.